The van der Waals surface area contributed by atoms with E-state index in [0.717, 1.165) is 25.8 Å². The fraction of sp³-hybridized carbons (Fsp3) is 0.615. The first kappa shape index (κ1) is 13.0. The van der Waals surface area contributed by atoms with Crippen molar-refractivity contribution in [1.82, 2.24) is 15.1 Å². The van der Waals surface area contributed by atoms with E-state index in [-0.39, 0.29) is 0 Å². The Morgan fingerprint density at radius 2 is 2.38 bits per heavy atom. The maximum Gasteiger partial charge on any atom is 0.0524 e. The van der Waals surface area contributed by atoms with Crippen molar-refractivity contribution in [3.63, 3.8) is 0 Å². The summed E-state index contributed by atoms with van der Waals surface area (Å²) in [6, 6.07) is 0.565. The monoisotopic (exact) mass is 221 g/mol. The largest absolute Gasteiger partial charge is 0.314 e. The molecule has 0 aliphatic heterocycles. The molecule has 1 N–H and O–H groups in total. The molecule has 0 saturated carbocycles. The number of allylic oxidation sites excluding steroid dienone is 1. The van der Waals surface area contributed by atoms with Crippen molar-refractivity contribution in [2.75, 3.05) is 6.54 Å². The van der Waals surface area contributed by atoms with Gasteiger partial charge in [-0.2, -0.15) is 5.10 Å². The zero-order valence-corrected chi connectivity index (χ0v) is 10.7. The second-order valence-corrected chi connectivity index (χ2v) is 4.35. The Labute approximate surface area is 98.5 Å². The average Bonchev–Trinajstić information content (AvgIpc) is 2.58. The SMILES string of the molecule is C=CCCC(C)NCCc1cnn(C)c1C. The van der Waals surface area contributed by atoms with Crippen LogP contribution in [-0.4, -0.2) is 22.4 Å². The molecule has 1 aromatic rings. The van der Waals surface area contributed by atoms with Crippen molar-refractivity contribution in [2.45, 2.75) is 39.2 Å². The molecule has 0 spiro atoms. The summed E-state index contributed by atoms with van der Waals surface area (Å²) in [7, 11) is 1.99. The van der Waals surface area contributed by atoms with Gasteiger partial charge in [0.05, 0.1) is 6.20 Å². The Morgan fingerprint density at radius 3 is 2.94 bits per heavy atom. The van der Waals surface area contributed by atoms with E-state index in [9.17, 15) is 0 Å². The van der Waals surface area contributed by atoms with E-state index < -0.39 is 0 Å². The second kappa shape index (κ2) is 6.48. The van der Waals surface area contributed by atoms with Crippen LogP contribution in [0.25, 0.3) is 0 Å². The van der Waals surface area contributed by atoms with E-state index >= 15 is 0 Å². The molecule has 0 fully saturated rings. The van der Waals surface area contributed by atoms with Crippen molar-refractivity contribution < 1.29 is 0 Å². The van der Waals surface area contributed by atoms with Crippen LogP contribution in [0.1, 0.15) is 31.0 Å². The summed E-state index contributed by atoms with van der Waals surface area (Å²) >= 11 is 0. The molecule has 1 rings (SSSR count). The maximum absolute atomic E-state index is 4.24. The zero-order valence-electron chi connectivity index (χ0n) is 10.7. The molecule has 16 heavy (non-hydrogen) atoms. The predicted octanol–water partition coefficient (Wildman–Crippen LogP) is 2.22. The number of aryl methyl sites for hydroxylation is 1. The average molecular weight is 221 g/mol. The van der Waals surface area contributed by atoms with Crippen molar-refractivity contribution in [1.29, 1.82) is 0 Å². The molecule has 3 nitrogen and oxygen atoms in total. The van der Waals surface area contributed by atoms with Crippen LogP contribution < -0.4 is 5.32 Å². The highest BCUT2D eigenvalue weighted by Crippen LogP contribution is 2.06. The molecule has 0 aromatic carbocycles. The van der Waals surface area contributed by atoms with Crippen molar-refractivity contribution in [3.8, 4) is 0 Å². The van der Waals surface area contributed by atoms with Crippen LogP contribution >= 0.6 is 0 Å². The molecular weight excluding hydrogens is 198 g/mol. The highest BCUT2D eigenvalue weighted by molar-refractivity contribution is 5.16. The normalized spacial score (nSPS) is 12.7. The third-order valence-electron chi connectivity index (χ3n) is 3.03. The first-order chi connectivity index (χ1) is 7.65. The fourth-order valence-electron chi connectivity index (χ4n) is 1.71. The molecule has 1 unspecified atom stereocenters. The number of nitrogens with zero attached hydrogens (tertiary/aromatic N) is 2. The van der Waals surface area contributed by atoms with Crippen LogP contribution in [0.3, 0.4) is 0 Å². The fourth-order valence-corrected chi connectivity index (χ4v) is 1.71. The van der Waals surface area contributed by atoms with Gasteiger partial charge in [0.1, 0.15) is 0 Å². The summed E-state index contributed by atoms with van der Waals surface area (Å²) in [5.74, 6) is 0. The summed E-state index contributed by atoms with van der Waals surface area (Å²) in [5, 5.41) is 7.76. The minimum atomic E-state index is 0.565. The standard InChI is InChI=1S/C13H23N3/c1-5-6-7-11(2)14-9-8-13-10-15-16(4)12(13)3/h5,10-11,14H,1,6-9H2,2-4H3. The molecule has 1 aromatic heterocycles. The van der Waals surface area contributed by atoms with Gasteiger partial charge in [-0.25, -0.2) is 0 Å². The molecular formula is C13H23N3. The van der Waals surface area contributed by atoms with Gasteiger partial charge in [-0.05, 0) is 45.2 Å². The molecule has 0 amide bonds. The number of aromatic nitrogens is 2. The van der Waals surface area contributed by atoms with Crippen LogP contribution in [0.2, 0.25) is 0 Å². The Balaban J connectivity index is 2.25. The molecule has 0 saturated heterocycles. The Morgan fingerprint density at radius 1 is 1.62 bits per heavy atom. The second-order valence-electron chi connectivity index (χ2n) is 4.35. The van der Waals surface area contributed by atoms with E-state index in [4.69, 9.17) is 0 Å². The quantitative estimate of drug-likeness (QED) is 0.715. The lowest BCUT2D eigenvalue weighted by Gasteiger charge is -2.12. The third kappa shape index (κ3) is 3.81. The van der Waals surface area contributed by atoms with Crippen LogP contribution in [0.4, 0.5) is 0 Å². The van der Waals surface area contributed by atoms with E-state index in [1.165, 1.54) is 11.3 Å². The van der Waals surface area contributed by atoms with Crippen LogP contribution in [0.15, 0.2) is 18.9 Å². The van der Waals surface area contributed by atoms with Gasteiger partial charge in [0.2, 0.25) is 0 Å². The summed E-state index contributed by atoms with van der Waals surface area (Å²) in [6.45, 7) is 9.09. The van der Waals surface area contributed by atoms with Gasteiger partial charge >= 0.3 is 0 Å². The van der Waals surface area contributed by atoms with E-state index in [1.807, 2.05) is 24.0 Å². The number of nitrogens with one attached hydrogen (secondary N) is 1. The summed E-state index contributed by atoms with van der Waals surface area (Å²) in [4.78, 5) is 0. The van der Waals surface area contributed by atoms with Crippen LogP contribution in [-0.2, 0) is 13.5 Å². The molecule has 90 valence electrons. The Bertz CT molecular complexity index is 328. The van der Waals surface area contributed by atoms with Gasteiger partial charge in [0, 0.05) is 18.8 Å². The summed E-state index contributed by atoms with van der Waals surface area (Å²) in [6.07, 6.45) is 7.24. The van der Waals surface area contributed by atoms with Gasteiger partial charge in [-0.3, -0.25) is 4.68 Å². The molecule has 0 radical (unpaired) electrons. The van der Waals surface area contributed by atoms with Crippen LogP contribution in [0.5, 0.6) is 0 Å². The first-order valence-electron chi connectivity index (χ1n) is 5.97. The lowest BCUT2D eigenvalue weighted by Crippen LogP contribution is -2.27. The zero-order chi connectivity index (χ0) is 12.0. The number of rotatable bonds is 7. The highest BCUT2D eigenvalue weighted by Gasteiger charge is 2.04. The first-order valence-corrected chi connectivity index (χ1v) is 5.97. The lowest BCUT2D eigenvalue weighted by atomic mass is 10.1. The van der Waals surface area contributed by atoms with Gasteiger partial charge in [-0.1, -0.05) is 6.08 Å². The molecule has 0 aliphatic rings. The summed E-state index contributed by atoms with van der Waals surface area (Å²) < 4.78 is 1.93. The van der Waals surface area contributed by atoms with Gasteiger partial charge < -0.3 is 5.32 Å². The van der Waals surface area contributed by atoms with Gasteiger partial charge in [0.15, 0.2) is 0 Å². The molecule has 0 bridgehead atoms. The summed E-state index contributed by atoms with van der Waals surface area (Å²) in [5.41, 5.74) is 2.60. The Kier molecular flexibility index (Phi) is 5.26. The smallest absolute Gasteiger partial charge is 0.0524 e. The minimum Gasteiger partial charge on any atom is -0.314 e. The molecule has 0 aliphatic carbocycles. The maximum atomic E-state index is 4.24. The molecule has 1 heterocycles. The van der Waals surface area contributed by atoms with Crippen molar-refractivity contribution in [3.05, 3.63) is 30.1 Å². The number of hydrogen-bond acceptors (Lipinski definition) is 2. The van der Waals surface area contributed by atoms with Crippen molar-refractivity contribution in [2.24, 2.45) is 7.05 Å². The molecule has 1 atom stereocenters. The van der Waals surface area contributed by atoms with Gasteiger partial charge in [0.25, 0.3) is 0 Å². The highest BCUT2D eigenvalue weighted by atomic mass is 15.3. The topological polar surface area (TPSA) is 29.9 Å². The van der Waals surface area contributed by atoms with Gasteiger partial charge in [-0.15, -0.1) is 6.58 Å². The van der Waals surface area contributed by atoms with Crippen molar-refractivity contribution >= 4 is 0 Å². The van der Waals surface area contributed by atoms with E-state index in [1.54, 1.807) is 0 Å². The van der Waals surface area contributed by atoms with E-state index in [2.05, 4.69) is 30.8 Å². The minimum absolute atomic E-state index is 0.565. The molecule has 3 heteroatoms. The lowest BCUT2D eigenvalue weighted by molar-refractivity contribution is 0.521. The Hall–Kier alpha value is -1.09. The predicted molar refractivity (Wildman–Crippen MR) is 68.5 cm³/mol. The van der Waals surface area contributed by atoms with Crippen LogP contribution in [0, 0.1) is 6.92 Å². The van der Waals surface area contributed by atoms with E-state index in [0.29, 0.717) is 6.04 Å². The number of hydrogen-bond donors (Lipinski definition) is 1. The third-order valence-corrected chi connectivity index (χ3v) is 3.03.